The van der Waals surface area contributed by atoms with E-state index in [2.05, 4.69) is 38.0 Å². The molecular weight excluding hydrogens is 416 g/mol. The molecule has 33 heavy (non-hydrogen) atoms. The Kier molecular flexibility index (Phi) is 6.68. The highest BCUT2D eigenvalue weighted by atomic mass is 16.4. The molecule has 4 rings (SSSR count). The van der Waals surface area contributed by atoms with Crippen molar-refractivity contribution >= 4 is 29.4 Å². The first kappa shape index (κ1) is 23.7. The average molecular weight is 445 g/mol. The van der Waals surface area contributed by atoms with E-state index in [-0.39, 0.29) is 18.9 Å². The average Bonchev–Trinajstić information content (AvgIpc) is 3.35. The summed E-state index contributed by atoms with van der Waals surface area (Å²) in [5.74, 6) is 0.0244. The first-order valence-corrected chi connectivity index (χ1v) is 10.4. The molecule has 0 atom stereocenters. The molecule has 1 aliphatic heterocycles. The molecule has 1 amide bonds. The van der Waals surface area contributed by atoms with E-state index in [0.29, 0.717) is 22.7 Å². The Labute approximate surface area is 193 Å². The van der Waals surface area contributed by atoms with Gasteiger partial charge in [-0.15, -0.1) is 0 Å². The van der Waals surface area contributed by atoms with E-state index < -0.39 is 5.97 Å². The zero-order valence-electron chi connectivity index (χ0n) is 18.5. The molecule has 0 spiro atoms. The van der Waals surface area contributed by atoms with Gasteiger partial charge in [-0.2, -0.15) is 10.1 Å². The van der Waals surface area contributed by atoms with Crippen molar-refractivity contribution in [2.24, 2.45) is 5.10 Å². The summed E-state index contributed by atoms with van der Waals surface area (Å²) in [6, 6.07) is 14.1. The van der Waals surface area contributed by atoms with Crippen LogP contribution in [0.1, 0.15) is 54.1 Å². The topological polar surface area (TPSA) is 83.1 Å². The zero-order chi connectivity index (χ0) is 23.0. The Balaban J connectivity index is 0.00000306. The monoisotopic (exact) mass is 444 g/mol. The van der Waals surface area contributed by atoms with E-state index in [4.69, 9.17) is 9.52 Å². The second-order valence-corrected chi connectivity index (χ2v) is 7.86. The number of carbonyl (C=O) groups excluding carboxylic acids is 1. The number of nitrogens with zero attached hydrogens (tertiary/aromatic N) is 2. The van der Waals surface area contributed by atoms with Gasteiger partial charge in [-0.25, -0.2) is 4.79 Å². The normalized spacial score (nSPS) is 14.4. The number of hydrazone groups is 1. The summed E-state index contributed by atoms with van der Waals surface area (Å²) in [7, 11) is 0. The predicted octanol–water partition coefficient (Wildman–Crippen LogP) is 6.27. The van der Waals surface area contributed by atoms with E-state index in [9.17, 15) is 9.59 Å². The van der Waals surface area contributed by atoms with Crippen molar-refractivity contribution in [3.63, 3.8) is 0 Å². The van der Waals surface area contributed by atoms with E-state index >= 15 is 0 Å². The van der Waals surface area contributed by atoms with Crippen LogP contribution < -0.4 is 5.01 Å². The van der Waals surface area contributed by atoms with Crippen LogP contribution in [-0.4, -0.2) is 22.7 Å². The highest BCUT2D eigenvalue weighted by Gasteiger charge is 2.29. The lowest BCUT2D eigenvalue weighted by atomic mass is 9.97. The SMILES string of the molecule is C.CCc1cc(C)c(C)cc1-c1ccc(/C=C2\C(=O)N(c3ccc(C(=O)O)cc3)N=C2C)o1. The molecule has 170 valence electrons. The lowest BCUT2D eigenvalue weighted by Gasteiger charge is -2.11. The first-order valence-electron chi connectivity index (χ1n) is 10.4. The van der Waals surface area contributed by atoms with Crippen LogP contribution in [-0.2, 0) is 11.2 Å². The minimum Gasteiger partial charge on any atom is -0.478 e. The molecule has 0 saturated carbocycles. The highest BCUT2D eigenvalue weighted by Crippen LogP contribution is 2.31. The maximum absolute atomic E-state index is 13.0. The van der Waals surface area contributed by atoms with Crippen molar-refractivity contribution < 1.29 is 19.1 Å². The van der Waals surface area contributed by atoms with Gasteiger partial charge in [-0.3, -0.25) is 4.79 Å². The van der Waals surface area contributed by atoms with Gasteiger partial charge in [0.15, 0.2) is 0 Å². The van der Waals surface area contributed by atoms with Gasteiger partial charge < -0.3 is 9.52 Å². The standard InChI is InChI=1S/C26H24N2O4.CH4/c1-5-18-12-15(2)16(3)13-23(18)24-11-10-21(32-24)14-22-17(4)27-28(25(22)29)20-8-6-19(7-9-20)26(30)31;/h6-14H,5H2,1-4H3,(H,30,31);1H4/b22-14-;. The Hall–Kier alpha value is -3.93. The van der Waals surface area contributed by atoms with Crippen LogP contribution >= 0.6 is 0 Å². The van der Waals surface area contributed by atoms with Crippen molar-refractivity contribution in [1.29, 1.82) is 0 Å². The number of rotatable bonds is 5. The zero-order valence-corrected chi connectivity index (χ0v) is 18.5. The minimum absolute atomic E-state index is 0. The van der Waals surface area contributed by atoms with Crippen molar-refractivity contribution in [1.82, 2.24) is 0 Å². The van der Waals surface area contributed by atoms with Crippen LogP contribution in [0.25, 0.3) is 17.4 Å². The van der Waals surface area contributed by atoms with E-state index in [0.717, 1.165) is 17.7 Å². The van der Waals surface area contributed by atoms with Crippen molar-refractivity contribution in [2.45, 2.75) is 41.5 Å². The Morgan fingerprint density at radius 3 is 2.36 bits per heavy atom. The molecule has 0 fully saturated rings. The molecule has 2 aromatic carbocycles. The third-order valence-electron chi connectivity index (χ3n) is 5.70. The van der Waals surface area contributed by atoms with Crippen LogP contribution in [0.4, 0.5) is 5.69 Å². The number of aromatic carboxylic acids is 1. The fraction of sp³-hybridized carbons (Fsp3) is 0.222. The molecule has 1 aliphatic rings. The molecule has 0 saturated heterocycles. The Morgan fingerprint density at radius 1 is 1.06 bits per heavy atom. The number of hydrogen-bond acceptors (Lipinski definition) is 4. The molecule has 1 aromatic heterocycles. The minimum atomic E-state index is -1.02. The number of carbonyl (C=O) groups is 2. The molecular formula is C27H28N2O4. The van der Waals surface area contributed by atoms with E-state index in [1.165, 1.54) is 33.8 Å². The molecule has 6 heteroatoms. The molecule has 0 radical (unpaired) electrons. The molecule has 1 N–H and O–H groups in total. The molecule has 3 aromatic rings. The van der Waals surface area contributed by atoms with Crippen LogP contribution in [0.5, 0.6) is 0 Å². The lowest BCUT2D eigenvalue weighted by molar-refractivity contribution is -0.114. The third-order valence-corrected chi connectivity index (χ3v) is 5.70. The number of furan rings is 1. The maximum atomic E-state index is 13.0. The number of anilines is 1. The van der Waals surface area contributed by atoms with Gasteiger partial charge in [0.25, 0.3) is 5.91 Å². The van der Waals surface area contributed by atoms with Crippen LogP contribution in [0.2, 0.25) is 0 Å². The summed E-state index contributed by atoms with van der Waals surface area (Å²) < 4.78 is 6.08. The van der Waals surface area contributed by atoms with Gasteiger partial charge in [0, 0.05) is 5.56 Å². The molecule has 0 unspecified atom stereocenters. The van der Waals surface area contributed by atoms with E-state index in [1.54, 1.807) is 25.1 Å². The van der Waals surface area contributed by atoms with Gasteiger partial charge in [0.1, 0.15) is 11.5 Å². The van der Waals surface area contributed by atoms with Gasteiger partial charge in [0.2, 0.25) is 0 Å². The second kappa shape index (κ2) is 9.28. The summed E-state index contributed by atoms with van der Waals surface area (Å²) in [5.41, 5.74) is 6.38. The number of aryl methyl sites for hydroxylation is 3. The molecule has 2 heterocycles. The number of carboxylic acid groups (broad SMARTS) is 1. The van der Waals surface area contributed by atoms with Crippen LogP contribution in [0.15, 0.2) is 63.6 Å². The van der Waals surface area contributed by atoms with Crippen molar-refractivity contribution in [2.75, 3.05) is 5.01 Å². The Bertz CT molecular complexity index is 1280. The fourth-order valence-electron chi connectivity index (χ4n) is 3.72. The molecule has 6 nitrogen and oxygen atoms in total. The van der Waals surface area contributed by atoms with Gasteiger partial charge in [-0.05, 0) is 92.4 Å². The number of amides is 1. The molecule has 0 aliphatic carbocycles. The van der Waals surface area contributed by atoms with Crippen molar-refractivity contribution in [3.8, 4) is 11.3 Å². The summed E-state index contributed by atoms with van der Waals surface area (Å²) in [6.45, 7) is 8.06. The first-order chi connectivity index (χ1) is 15.3. The summed E-state index contributed by atoms with van der Waals surface area (Å²) in [6.07, 6.45) is 2.59. The summed E-state index contributed by atoms with van der Waals surface area (Å²) in [5, 5.41) is 14.7. The van der Waals surface area contributed by atoms with Gasteiger partial charge >= 0.3 is 5.97 Å². The number of hydrogen-bond donors (Lipinski definition) is 1. The summed E-state index contributed by atoms with van der Waals surface area (Å²) in [4.78, 5) is 24.0. The number of benzene rings is 2. The van der Waals surface area contributed by atoms with Crippen LogP contribution in [0, 0.1) is 13.8 Å². The second-order valence-electron chi connectivity index (χ2n) is 7.86. The fourth-order valence-corrected chi connectivity index (χ4v) is 3.72. The van der Waals surface area contributed by atoms with Crippen LogP contribution in [0.3, 0.4) is 0 Å². The lowest BCUT2D eigenvalue weighted by Crippen LogP contribution is -2.21. The molecule has 0 bridgehead atoms. The third kappa shape index (κ3) is 4.51. The smallest absolute Gasteiger partial charge is 0.335 e. The predicted molar refractivity (Wildman–Crippen MR) is 132 cm³/mol. The Morgan fingerprint density at radius 2 is 1.73 bits per heavy atom. The van der Waals surface area contributed by atoms with E-state index in [1.807, 2.05) is 12.1 Å². The van der Waals surface area contributed by atoms with Crippen molar-refractivity contribution in [3.05, 3.63) is 82.1 Å². The van der Waals surface area contributed by atoms with Gasteiger partial charge in [0.05, 0.1) is 22.5 Å². The quantitative estimate of drug-likeness (QED) is 0.470. The number of carboxylic acids is 1. The van der Waals surface area contributed by atoms with Gasteiger partial charge in [-0.1, -0.05) is 20.4 Å². The summed E-state index contributed by atoms with van der Waals surface area (Å²) >= 11 is 0. The highest BCUT2D eigenvalue weighted by molar-refractivity contribution is 6.32. The maximum Gasteiger partial charge on any atom is 0.335 e. The largest absolute Gasteiger partial charge is 0.478 e.